The Morgan fingerprint density at radius 2 is 1.86 bits per heavy atom. The fourth-order valence-electron chi connectivity index (χ4n) is 2.51. The smallest absolute Gasteiger partial charge is 0.0799 e. The maximum atomic E-state index is 4.72. The van der Waals surface area contributed by atoms with E-state index in [1.165, 1.54) is 16.3 Å². The van der Waals surface area contributed by atoms with Crippen LogP contribution in [0, 0.1) is 13.0 Å². The van der Waals surface area contributed by atoms with E-state index in [2.05, 4.69) is 64.8 Å². The van der Waals surface area contributed by atoms with Crippen LogP contribution in [-0.2, 0) is 20.1 Å². The fourth-order valence-corrected chi connectivity index (χ4v) is 4.19. The first-order valence-corrected chi connectivity index (χ1v) is 10.8. The number of hydrogen-bond acceptors (Lipinski definition) is 1. The first-order valence-electron chi connectivity index (χ1n) is 7.29. The summed E-state index contributed by atoms with van der Waals surface area (Å²) >= 11 is 0. The number of rotatable bonds is 3. The number of hydrogen-bond donors (Lipinski definition) is 0. The maximum Gasteiger partial charge on any atom is 0.0799 e. The molecule has 2 rings (SSSR count). The minimum Gasteiger partial charge on any atom is -0.305 e. The zero-order chi connectivity index (χ0) is 14.9. The molecule has 0 spiro atoms. The molecule has 1 heterocycles. The van der Waals surface area contributed by atoms with Gasteiger partial charge in [0.25, 0.3) is 0 Å². The molecule has 2 aromatic rings. The zero-order valence-electron chi connectivity index (χ0n) is 13.7. The Morgan fingerprint density at radius 3 is 2.38 bits per heavy atom. The van der Waals surface area contributed by atoms with Crippen LogP contribution >= 0.6 is 0 Å². The third-order valence-electron chi connectivity index (χ3n) is 3.69. The van der Waals surface area contributed by atoms with Crippen molar-refractivity contribution in [1.82, 2.24) is 4.98 Å². The molecule has 21 heavy (non-hydrogen) atoms. The molecule has 0 unspecified atom stereocenters. The number of nitrogens with zero attached hydrogens (tertiary/aromatic N) is 1. The van der Waals surface area contributed by atoms with E-state index in [-0.39, 0.29) is 20.1 Å². The third-order valence-corrected chi connectivity index (χ3v) is 5.72. The van der Waals surface area contributed by atoms with Crippen LogP contribution in [0.25, 0.3) is 11.3 Å². The van der Waals surface area contributed by atoms with Crippen molar-refractivity contribution in [1.29, 1.82) is 0 Å². The predicted molar refractivity (Wildman–Crippen MR) is 90.3 cm³/mol. The van der Waals surface area contributed by atoms with Gasteiger partial charge in [-0.1, -0.05) is 52.0 Å². The van der Waals surface area contributed by atoms with Gasteiger partial charge < -0.3 is 4.98 Å². The van der Waals surface area contributed by atoms with Crippen LogP contribution in [0.5, 0.6) is 0 Å². The average molecular weight is 475 g/mol. The molecule has 0 atom stereocenters. The van der Waals surface area contributed by atoms with Gasteiger partial charge in [-0.2, -0.15) is 0 Å². The van der Waals surface area contributed by atoms with E-state index in [9.17, 15) is 0 Å². The summed E-state index contributed by atoms with van der Waals surface area (Å²) in [6.07, 6.45) is 2.11. The monoisotopic (exact) mass is 475 g/mol. The van der Waals surface area contributed by atoms with Crippen LogP contribution < -0.4 is 5.19 Å². The summed E-state index contributed by atoms with van der Waals surface area (Å²) in [5, 5.41) is 1.48. The Balaban J connectivity index is 0.00000220. The van der Waals surface area contributed by atoms with E-state index in [0.717, 1.165) is 11.3 Å². The molecular formula is C18H24IrNSi-. The summed E-state index contributed by atoms with van der Waals surface area (Å²) in [5.74, 6) is 0.530. The molecule has 0 N–H and O–H groups in total. The number of pyridine rings is 1. The van der Waals surface area contributed by atoms with Gasteiger partial charge in [0.2, 0.25) is 0 Å². The van der Waals surface area contributed by atoms with Gasteiger partial charge in [-0.15, -0.1) is 35.4 Å². The Morgan fingerprint density at radius 1 is 1.19 bits per heavy atom. The molecule has 0 bridgehead atoms. The van der Waals surface area contributed by atoms with Crippen LogP contribution in [0.2, 0.25) is 19.6 Å². The molecule has 1 radical (unpaired) electrons. The topological polar surface area (TPSA) is 12.9 Å². The van der Waals surface area contributed by atoms with Crippen molar-refractivity contribution in [2.75, 3.05) is 0 Å². The van der Waals surface area contributed by atoms with E-state index < -0.39 is 8.07 Å². The largest absolute Gasteiger partial charge is 0.305 e. The third kappa shape index (κ3) is 4.12. The van der Waals surface area contributed by atoms with Crippen molar-refractivity contribution < 1.29 is 20.1 Å². The van der Waals surface area contributed by atoms with E-state index in [4.69, 9.17) is 4.98 Å². The van der Waals surface area contributed by atoms with Gasteiger partial charge in [-0.05, 0) is 16.8 Å². The minimum absolute atomic E-state index is 0. The summed E-state index contributed by atoms with van der Waals surface area (Å²) in [5.41, 5.74) is 4.85. The van der Waals surface area contributed by atoms with Gasteiger partial charge in [0.05, 0.1) is 8.07 Å². The van der Waals surface area contributed by atoms with Gasteiger partial charge in [0, 0.05) is 26.3 Å². The molecule has 3 heteroatoms. The number of aryl methyl sites for hydroxylation is 1. The van der Waals surface area contributed by atoms with E-state index >= 15 is 0 Å². The van der Waals surface area contributed by atoms with Gasteiger partial charge in [-0.3, -0.25) is 0 Å². The molecule has 0 aliphatic carbocycles. The molecule has 115 valence electrons. The van der Waals surface area contributed by atoms with Crippen molar-refractivity contribution in [3.63, 3.8) is 0 Å². The summed E-state index contributed by atoms with van der Waals surface area (Å²) in [4.78, 5) is 4.72. The van der Waals surface area contributed by atoms with Gasteiger partial charge in [0.1, 0.15) is 0 Å². The standard InChI is InChI=1S/C18H24NSi.Ir/c1-13(2)16-11-17(15-10-8-7-9-14(15)3)19-12-18(16)20(4,5)6;/h7-9,11-13H,1-6H3;/q-1;. The van der Waals surface area contributed by atoms with E-state index in [1.807, 2.05) is 12.1 Å². The second-order valence-electron chi connectivity index (χ2n) is 6.79. The van der Waals surface area contributed by atoms with Gasteiger partial charge >= 0.3 is 0 Å². The molecule has 0 fully saturated rings. The summed E-state index contributed by atoms with van der Waals surface area (Å²) in [7, 11) is -1.35. The van der Waals surface area contributed by atoms with Crippen molar-refractivity contribution in [2.45, 2.75) is 46.3 Å². The molecule has 1 nitrogen and oxygen atoms in total. The Hall–Kier alpha value is -0.764. The van der Waals surface area contributed by atoms with Crippen molar-refractivity contribution in [2.24, 2.45) is 0 Å². The van der Waals surface area contributed by atoms with Crippen molar-refractivity contribution >= 4 is 13.3 Å². The van der Waals surface area contributed by atoms with Crippen LogP contribution in [0.1, 0.15) is 30.9 Å². The SMILES string of the molecule is Cc1ccc[c-]c1-c1cc(C(C)C)c([Si](C)(C)C)cn1.[Ir]. The molecule has 0 aliphatic heterocycles. The normalized spacial score (nSPS) is 11.4. The van der Waals surface area contributed by atoms with Crippen molar-refractivity contribution in [3.05, 3.63) is 47.7 Å². The molecule has 0 saturated heterocycles. The molecule has 0 saturated carbocycles. The van der Waals surface area contributed by atoms with Crippen LogP contribution in [0.3, 0.4) is 0 Å². The van der Waals surface area contributed by atoms with Gasteiger partial charge in [-0.25, -0.2) is 0 Å². The number of aromatic nitrogens is 1. The van der Waals surface area contributed by atoms with Gasteiger partial charge in [0.15, 0.2) is 0 Å². The first kappa shape index (κ1) is 18.3. The maximum absolute atomic E-state index is 4.72. The fraction of sp³-hybridized carbons (Fsp3) is 0.389. The summed E-state index contributed by atoms with van der Waals surface area (Å²) in [6.45, 7) is 13.8. The van der Waals surface area contributed by atoms with Crippen LogP contribution in [-0.4, -0.2) is 13.1 Å². The summed E-state index contributed by atoms with van der Waals surface area (Å²) in [6, 6.07) is 11.7. The molecule has 1 aromatic heterocycles. The second kappa shape index (κ2) is 7.00. The number of benzene rings is 1. The first-order chi connectivity index (χ1) is 9.30. The van der Waals surface area contributed by atoms with E-state index in [0.29, 0.717) is 5.92 Å². The molecule has 1 aromatic carbocycles. The zero-order valence-corrected chi connectivity index (χ0v) is 17.1. The quantitative estimate of drug-likeness (QED) is 0.471. The second-order valence-corrected chi connectivity index (χ2v) is 11.8. The Bertz CT molecular complexity index is 615. The summed E-state index contributed by atoms with van der Waals surface area (Å²) < 4.78 is 0. The van der Waals surface area contributed by atoms with Crippen molar-refractivity contribution in [3.8, 4) is 11.3 Å². The van der Waals surface area contributed by atoms with Crippen LogP contribution in [0.15, 0.2) is 30.5 Å². The Kier molecular flexibility index (Phi) is 6.09. The Labute approximate surface area is 143 Å². The minimum atomic E-state index is -1.35. The molecular weight excluding hydrogens is 451 g/mol. The predicted octanol–water partition coefficient (Wildman–Crippen LogP) is 4.52. The molecule has 0 amide bonds. The molecule has 0 aliphatic rings. The van der Waals surface area contributed by atoms with Crippen LogP contribution in [0.4, 0.5) is 0 Å². The van der Waals surface area contributed by atoms with E-state index in [1.54, 1.807) is 0 Å². The average Bonchev–Trinajstić information content (AvgIpc) is 2.37.